The van der Waals surface area contributed by atoms with Crippen molar-refractivity contribution in [3.8, 4) is 0 Å². The predicted octanol–water partition coefficient (Wildman–Crippen LogP) is 0.211. The molecule has 1 saturated heterocycles. The summed E-state index contributed by atoms with van der Waals surface area (Å²) in [5, 5.41) is 0. The number of benzene rings is 1. The Hall–Kier alpha value is -2.57. The molecule has 0 bridgehead atoms. The van der Waals surface area contributed by atoms with Crippen molar-refractivity contribution in [3.63, 3.8) is 0 Å². The Bertz CT molecular complexity index is 694. The first-order valence-electron chi connectivity index (χ1n) is 6.24. The second-order valence-corrected chi connectivity index (χ2v) is 4.79. The third-order valence-electron chi connectivity index (χ3n) is 3.30. The van der Waals surface area contributed by atoms with Gasteiger partial charge in [-0.2, -0.15) is 0 Å². The molecule has 2 N–H and O–H groups in total. The van der Waals surface area contributed by atoms with E-state index in [2.05, 4.69) is 4.98 Å². The molecule has 0 spiro atoms. The van der Waals surface area contributed by atoms with Crippen LogP contribution in [0.15, 0.2) is 22.6 Å². The van der Waals surface area contributed by atoms with Crippen molar-refractivity contribution in [2.75, 3.05) is 25.9 Å². The summed E-state index contributed by atoms with van der Waals surface area (Å²) < 4.78 is 5.55. The van der Waals surface area contributed by atoms with Gasteiger partial charge in [-0.15, -0.1) is 0 Å². The average Bonchev–Trinajstić information content (AvgIpc) is 2.81. The Morgan fingerprint density at radius 3 is 2.90 bits per heavy atom. The summed E-state index contributed by atoms with van der Waals surface area (Å²) in [6.45, 7) is 1.17. The zero-order valence-corrected chi connectivity index (χ0v) is 11.0. The van der Waals surface area contributed by atoms with Crippen LogP contribution in [0.5, 0.6) is 0 Å². The number of nitrogens with zero attached hydrogens (tertiary/aromatic N) is 3. The number of anilines is 1. The first kappa shape index (κ1) is 12.5. The maximum atomic E-state index is 11.9. The standard InChI is InChI=1S/C13H14N4O3/c1-16-4-5-17(13(19)12(16)18)7-11-15-9-6-8(14)2-3-10(9)20-11/h2-3,6H,4-5,7,14H2,1H3. The fourth-order valence-electron chi connectivity index (χ4n) is 2.15. The van der Waals surface area contributed by atoms with Crippen molar-refractivity contribution >= 4 is 28.6 Å². The van der Waals surface area contributed by atoms with E-state index in [1.165, 1.54) is 9.80 Å². The summed E-state index contributed by atoms with van der Waals surface area (Å²) in [7, 11) is 1.61. The number of amides is 2. The highest BCUT2D eigenvalue weighted by atomic mass is 16.3. The maximum absolute atomic E-state index is 11.9. The Morgan fingerprint density at radius 1 is 1.30 bits per heavy atom. The molecule has 0 atom stereocenters. The fourth-order valence-corrected chi connectivity index (χ4v) is 2.15. The molecule has 0 radical (unpaired) electrons. The van der Waals surface area contributed by atoms with Gasteiger partial charge in [0.2, 0.25) is 5.89 Å². The van der Waals surface area contributed by atoms with E-state index in [0.717, 1.165) is 0 Å². The van der Waals surface area contributed by atoms with Crippen LogP contribution in [0, 0.1) is 0 Å². The number of piperazine rings is 1. The van der Waals surface area contributed by atoms with Crippen molar-refractivity contribution in [2.45, 2.75) is 6.54 Å². The van der Waals surface area contributed by atoms with E-state index in [4.69, 9.17) is 10.2 Å². The largest absolute Gasteiger partial charge is 0.439 e. The minimum absolute atomic E-state index is 0.187. The SMILES string of the molecule is CN1CCN(Cc2nc3cc(N)ccc3o2)C(=O)C1=O. The Balaban J connectivity index is 1.82. The van der Waals surface area contributed by atoms with Crippen molar-refractivity contribution in [3.05, 3.63) is 24.1 Å². The van der Waals surface area contributed by atoms with Gasteiger partial charge in [0, 0.05) is 25.8 Å². The van der Waals surface area contributed by atoms with Gasteiger partial charge in [0.1, 0.15) is 5.52 Å². The summed E-state index contributed by atoms with van der Waals surface area (Å²) in [4.78, 5) is 30.6. The second kappa shape index (κ2) is 4.52. The number of carbonyl (C=O) groups excluding carboxylic acids is 2. The molecular formula is C13H14N4O3. The lowest BCUT2D eigenvalue weighted by Gasteiger charge is -2.30. The fraction of sp³-hybridized carbons (Fsp3) is 0.308. The van der Waals surface area contributed by atoms with E-state index in [0.29, 0.717) is 35.8 Å². The molecule has 0 saturated carbocycles. The summed E-state index contributed by atoms with van der Waals surface area (Å²) in [6, 6.07) is 5.17. The van der Waals surface area contributed by atoms with E-state index in [1.54, 1.807) is 25.2 Å². The van der Waals surface area contributed by atoms with E-state index < -0.39 is 11.8 Å². The van der Waals surface area contributed by atoms with Crippen LogP contribution in [0.2, 0.25) is 0 Å². The number of rotatable bonds is 2. The van der Waals surface area contributed by atoms with Crippen molar-refractivity contribution in [1.29, 1.82) is 0 Å². The van der Waals surface area contributed by atoms with Crippen molar-refractivity contribution in [2.24, 2.45) is 0 Å². The predicted molar refractivity (Wildman–Crippen MR) is 71.5 cm³/mol. The minimum atomic E-state index is -0.527. The van der Waals surface area contributed by atoms with Gasteiger partial charge >= 0.3 is 11.8 Å². The molecule has 1 aliphatic rings. The van der Waals surface area contributed by atoms with Gasteiger partial charge in [-0.1, -0.05) is 0 Å². The van der Waals surface area contributed by atoms with Gasteiger partial charge in [0.25, 0.3) is 0 Å². The zero-order chi connectivity index (χ0) is 14.3. The van der Waals surface area contributed by atoms with Crippen LogP contribution in [0.3, 0.4) is 0 Å². The van der Waals surface area contributed by atoms with E-state index in [1.807, 2.05) is 0 Å². The lowest BCUT2D eigenvalue weighted by atomic mass is 10.3. The number of fused-ring (bicyclic) bond motifs is 1. The number of oxazole rings is 1. The third kappa shape index (κ3) is 2.07. The lowest BCUT2D eigenvalue weighted by Crippen LogP contribution is -2.52. The van der Waals surface area contributed by atoms with Crippen molar-refractivity contribution < 1.29 is 14.0 Å². The second-order valence-electron chi connectivity index (χ2n) is 4.79. The van der Waals surface area contributed by atoms with Gasteiger partial charge in [-0.05, 0) is 18.2 Å². The summed E-state index contributed by atoms with van der Waals surface area (Å²) in [5.74, 6) is -0.631. The normalized spacial score (nSPS) is 16.2. The third-order valence-corrected chi connectivity index (χ3v) is 3.30. The topological polar surface area (TPSA) is 92.7 Å². The van der Waals surface area contributed by atoms with Gasteiger partial charge in [0.15, 0.2) is 5.58 Å². The molecule has 2 amide bonds. The van der Waals surface area contributed by atoms with Crippen LogP contribution < -0.4 is 5.73 Å². The number of hydrogen-bond donors (Lipinski definition) is 1. The van der Waals surface area contributed by atoms with Gasteiger partial charge in [-0.3, -0.25) is 9.59 Å². The molecule has 2 aromatic rings. The number of aromatic nitrogens is 1. The van der Waals surface area contributed by atoms with E-state index in [-0.39, 0.29) is 6.54 Å². The number of nitrogens with two attached hydrogens (primary N) is 1. The Kier molecular flexibility index (Phi) is 2.81. The molecular weight excluding hydrogens is 260 g/mol. The smallest absolute Gasteiger partial charge is 0.312 e. The molecule has 0 aliphatic carbocycles. The molecule has 0 unspecified atom stereocenters. The summed E-state index contributed by atoms with van der Waals surface area (Å²) in [6.07, 6.45) is 0. The number of nitrogen functional groups attached to an aromatic ring is 1. The number of likely N-dealkylation sites (N-methyl/N-ethyl adjacent to an activating group) is 1. The lowest BCUT2D eigenvalue weighted by molar-refractivity contribution is -0.155. The highest BCUT2D eigenvalue weighted by Gasteiger charge is 2.31. The molecule has 1 aromatic carbocycles. The van der Waals surface area contributed by atoms with E-state index in [9.17, 15) is 9.59 Å². The van der Waals surface area contributed by atoms with Crippen LogP contribution in [0.25, 0.3) is 11.1 Å². The van der Waals surface area contributed by atoms with Crippen LogP contribution in [-0.2, 0) is 16.1 Å². The minimum Gasteiger partial charge on any atom is -0.439 e. The van der Waals surface area contributed by atoms with Crippen LogP contribution in [-0.4, -0.2) is 46.7 Å². The monoisotopic (exact) mass is 274 g/mol. The van der Waals surface area contributed by atoms with Crippen LogP contribution in [0.1, 0.15) is 5.89 Å². The Labute approximate surface area is 114 Å². The van der Waals surface area contributed by atoms with Gasteiger partial charge in [0.05, 0.1) is 6.54 Å². The zero-order valence-electron chi connectivity index (χ0n) is 11.0. The van der Waals surface area contributed by atoms with Crippen molar-refractivity contribution in [1.82, 2.24) is 14.8 Å². The number of hydrogen-bond acceptors (Lipinski definition) is 5. The Morgan fingerprint density at radius 2 is 2.10 bits per heavy atom. The van der Waals surface area contributed by atoms with Crippen LogP contribution in [0.4, 0.5) is 5.69 Å². The molecule has 20 heavy (non-hydrogen) atoms. The quantitative estimate of drug-likeness (QED) is 0.624. The summed E-state index contributed by atoms with van der Waals surface area (Å²) >= 11 is 0. The molecule has 7 nitrogen and oxygen atoms in total. The molecule has 3 rings (SSSR count). The molecule has 2 heterocycles. The summed E-state index contributed by atoms with van der Waals surface area (Å²) in [5.41, 5.74) is 7.54. The van der Waals surface area contributed by atoms with E-state index >= 15 is 0 Å². The molecule has 1 aliphatic heterocycles. The maximum Gasteiger partial charge on any atom is 0.312 e. The molecule has 7 heteroatoms. The number of carbonyl (C=O) groups is 2. The highest BCUT2D eigenvalue weighted by molar-refractivity contribution is 6.35. The molecule has 1 aromatic heterocycles. The van der Waals surface area contributed by atoms with Crippen LogP contribution >= 0.6 is 0 Å². The molecule has 104 valence electrons. The highest BCUT2D eigenvalue weighted by Crippen LogP contribution is 2.19. The van der Waals surface area contributed by atoms with Gasteiger partial charge in [-0.25, -0.2) is 4.98 Å². The average molecular weight is 274 g/mol. The molecule has 1 fully saturated rings. The van der Waals surface area contributed by atoms with Gasteiger partial charge < -0.3 is 20.0 Å². The first-order valence-corrected chi connectivity index (χ1v) is 6.24. The first-order chi connectivity index (χ1) is 9.54.